The van der Waals surface area contributed by atoms with Crippen molar-refractivity contribution in [2.24, 2.45) is 0 Å². The van der Waals surface area contributed by atoms with Gasteiger partial charge in [-0.05, 0) is 51.3 Å². The number of ether oxygens (including phenoxy) is 1. The van der Waals surface area contributed by atoms with E-state index in [0.717, 1.165) is 10.0 Å². The molecular formula is C17H22BrNO4. The van der Waals surface area contributed by atoms with Crippen molar-refractivity contribution in [2.75, 3.05) is 6.54 Å². The Morgan fingerprint density at radius 2 is 1.91 bits per heavy atom. The summed E-state index contributed by atoms with van der Waals surface area (Å²) in [6.45, 7) is 5.73. The van der Waals surface area contributed by atoms with Crippen molar-refractivity contribution < 1.29 is 19.4 Å². The van der Waals surface area contributed by atoms with E-state index in [9.17, 15) is 14.7 Å². The maximum absolute atomic E-state index is 12.5. The van der Waals surface area contributed by atoms with Crippen molar-refractivity contribution in [1.29, 1.82) is 0 Å². The number of amides is 1. The van der Waals surface area contributed by atoms with E-state index in [1.807, 2.05) is 24.3 Å². The van der Waals surface area contributed by atoms with Gasteiger partial charge in [0.1, 0.15) is 11.1 Å². The highest BCUT2D eigenvalue weighted by molar-refractivity contribution is 9.10. The second kappa shape index (κ2) is 6.51. The molecule has 0 unspecified atom stereocenters. The first-order valence-corrected chi connectivity index (χ1v) is 8.42. The fourth-order valence-corrected chi connectivity index (χ4v) is 3.15. The van der Waals surface area contributed by atoms with Crippen molar-refractivity contribution in [2.45, 2.75) is 51.2 Å². The van der Waals surface area contributed by atoms with Crippen molar-refractivity contribution in [3.05, 3.63) is 34.3 Å². The van der Waals surface area contributed by atoms with Crippen LogP contribution >= 0.6 is 15.9 Å². The summed E-state index contributed by atoms with van der Waals surface area (Å²) >= 11 is 3.37. The van der Waals surface area contributed by atoms with Gasteiger partial charge in [-0.3, -0.25) is 4.90 Å². The molecule has 5 nitrogen and oxygen atoms in total. The Morgan fingerprint density at radius 1 is 1.30 bits per heavy atom. The first-order chi connectivity index (χ1) is 10.6. The minimum Gasteiger partial charge on any atom is -0.479 e. The molecular weight excluding hydrogens is 362 g/mol. The monoisotopic (exact) mass is 383 g/mol. The quantitative estimate of drug-likeness (QED) is 0.860. The number of carboxylic acids is 1. The lowest BCUT2D eigenvalue weighted by Crippen LogP contribution is -2.55. The molecule has 1 atom stereocenters. The third-order valence-electron chi connectivity index (χ3n) is 3.91. The van der Waals surface area contributed by atoms with E-state index < -0.39 is 23.2 Å². The van der Waals surface area contributed by atoms with Gasteiger partial charge < -0.3 is 9.84 Å². The standard InChI is InChI=1S/C17H22BrNO4/c1-16(2,3)23-15(22)19-10-4-9-17(19,14(20)21)11-12-5-7-13(18)8-6-12/h5-8H,4,9-11H2,1-3H3,(H,20,21)/t17-/m0/s1. The minimum atomic E-state index is -1.24. The Bertz CT molecular complexity index is 594. The Balaban J connectivity index is 2.29. The Kier molecular flexibility index (Phi) is 5.04. The molecule has 1 aromatic carbocycles. The highest BCUT2D eigenvalue weighted by Crippen LogP contribution is 2.34. The molecule has 0 saturated carbocycles. The maximum Gasteiger partial charge on any atom is 0.411 e. The predicted octanol–water partition coefficient (Wildman–Crippen LogP) is 3.85. The Labute approximate surface area is 144 Å². The molecule has 0 radical (unpaired) electrons. The van der Waals surface area contributed by atoms with Crippen molar-refractivity contribution in [3.8, 4) is 0 Å². The van der Waals surface area contributed by atoms with Crippen LogP contribution in [0.1, 0.15) is 39.2 Å². The van der Waals surface area contributed by atoms with E-state index in [4.69, 9.17) is 4.74 Å². The molecule has 0 aromatic heterocycles. The van der Waals surface area contributed by atoms with Crippen LogP contribution in [0.5, 0.6) is 0 Å². The van der Waals surface area contributed by atoms with E-state index in [1.165, 1.54) is 4.90 Å². The molecule has 2 rings (SSSR count). The number of aliphatic carboxylic acids is 1. The van der Waals surface area contributed by atoms with Crippen LogP contribution in [0.3, 0.4) is 0 Å². The molecule has 1 heterocycles. The van der Waals surface area contributed by atoms with Crippen LogP contribution in [0.2, 0.25) is 0 Å². The van der Waals surface area contributed by atoms with Crippen molar-refractivity contribution >= 4 is 28.0 Å². The zero-order valence-electron chi connectivity index (χ0n) is 13.6. The number of carbonyl (C=O) groups is 2. The van der Waals surface area contributed by atoms with E-state index in [0.29, 0.717) is 19.4 Å². The number of hydrogen-bond acceptors (Lipinski definition) is 3. The van der Waals surface area contributed by atoms with Gasteiger partial charge in [0.15, 0.2) is 0 Å². The number of halogens is 1. The number of benzene rings is 1. The van der Waals surface area contributed by atoms with Crippen LogP contribution in [-0.4, -0.2) is 39.8 Å². The fraction of sp³-hybridized carbons (Fsp3) is 0.529. The van der Waals surface area contributed by atoms with E-state index in [-0.39, 0.29) is 6.42 Å². The summed E-state index contributed by atoms with van der Waals surface area (Å²) < 4.78 is 6.33. The lowest BCUT2D eigenvalue weighted by molar-refractivity contribution is -0.149. The smallest absolute Gasteiger partial charge is 0.411 e. The van der Waals surface area contributed by atoms with Gasteiger partial charge in [0.05, 0.1) is 0 Å². The summed E-state index contributed by atoms with van der Waals surface area (Å²) in [6, 6.07) is 7.50. The molecule has 1 aliphatic rings. The third kappa shape index (κ3) is 4.05. The van der Waals surface area contributed by atoms with Crippen LogP contribution < -0.4 is 0 Å². The van der Waals surface area contributed by atoms with Gasteiger partial charge in [-0.2, -0.15) is 0 Å². The highest BCUT2D eigenvalue weighted by Gasteiger charge is 2.51. The number of carboxylic acid groups (broad SMARTS) is 1. The highest BCUT2D eigenvalue weighted by atomic mass is 79.9. The number of hydrogen-bond donors (Lipinski definition) is 1. The molecule has 1 aliphatic heterocycles. The normalized spacial score (nSPS) is 21.3. The molecule has 6 heteroatoms. The van der Waals surface area contributed by atoms with Crippen molar-refractivity contribution in [1.82, 2.24) is 4.90 Å². The topological polar surface area (TPSA) is 66.8 Å². The van der Waals surface area contributed by atoms with Crippen LogP contribution in [0.15, 0.2) is 28.7 Å². The maximum atomic E-state index is 12.5. The SMILES string of the molecule is CC(C)(C)OC(=O)N1CCC[C@]1(Cc1ccc(Br)cc1)C(=O)O. The molecule has 1 amide bonds. The summed E-state index contributed by atoms with van der Waals surface area (Å²) in [4.78, 5) is 25.9. The average Bonchev–Trinajstić information content (AvgIpc) is 2.84. The van der Waals surface area contributed by atoms with E-state index in [1.54, 1.807) is 20.8 Å². The van der Waals surface area contributed by atoms with Gasteiger partial charge in [0, 0.05) is 17.4 Å². The number of likely N-dealkylation sites (tertiary alicyclic amines) is 1. The van der Waals surface area contributed by atoms with Gasteiger partial charge >= 0.3 is 12.1 Å². The van der Waals surface area contributed by atoms with Gasteiger partial charge in [0.25, 0.3) is 0 Å². The summed E-state index contributed by atoms with van der Waals surface area (Å²) in [6.07, 6.45) is 0.795. The molecule has 1 N–H and O–H groups in total. The molecule has 0 spiro atoms. The van der Waals surface area contributed by atoms with Crippen LogP contribution in [0.4, 0.5) is 4.79 Å². The summed E-state index contributed by atoms with van der Waals surface area (Å²) in [5.74, 6) is -0.983. The third-order valence-corrected chi connectivity index (χ3v) is 4.44. The van der Waals surface area contributed by atoms with E-state index >= 15 is 0 Å². The first-order valence-electron chi connectivity index (χ1n) is 7.62. The molecule has 1 aromatic rings. The van der Waals surface area contributed by atoms with Crippen LogP contribution in [0, 0.1) is 0 Å². The molecule has 1 fully saturated rings. The molecule has 0 bridgehead atoms. The first kappa shape index (κ1) is 17.8. The molecule has 23 heavy (non-hydrogen) atoms. The van der Waals surface area contributed by atoms with E-state index in [2.05, 4.69) is 15.9 Å². The summed E-state index contributed by atoms with van der Waals surface area (Å²) in [7, 11) is 0. The number of rotatable bonds is 3. The Hall–Kier alpha value is -1.56. The molecule has 0 aliphatic carbocycles. The van der Waals surface area contributed by atoms with Crippen LogP contribution in [-0.2, 0) is 16.0 Å². The summed E-state index contributed by atoms with van der Waals surface area (Å²) in [5.41, 5.74) is -1.01. The Morgan fingerprint density at radius 3 is 2.43 bits per heavy atom. The largest absolute Gasteiger partial charge is 0.479 e. The van der Waals surface area contributed by atoms with Gasteiger partial charge in [-0.1, -0.05) is 28.1 Å². The lowest BCUT2D eigenvalue weighted by Gasteiger charge is -2.36. The minimum absolute atomic E-state index is 0.273. The summed E-state index contributed by atoms with van der Waals surface area (Å²) in [5, 5.41) is 9.84. The van der Waals surface area contributed by atoms with Crippen LogP contribution in [0.25, 0.3) is 0 Å². The number of carbonyl (C=O) groups excluding carboxylic acids is 1. The number of nitrogens with zero attached hydrogens (tertiary/aromatic N) is 1. The van der Waals surface area contributed by atoms with Crippen molar-refractivity contribution in [3.63, 3.8) is 0 Å². The average molecular weight is 384 g/mol. The molecule has 1 saturated heterocycles. The molecule has 126 valence electrons. The lowest BCUT2D eigenvalue weighted by atomic mass is 9.88. The zero-order valence-corrected chi connectivity index (χ0v) is 15.2. The predicted molar refractivity (Wildman–Crippen MR) is 90.4 cm³/mol. The zero-order chi connectivity index (χ0) is 17.3. The van der Waals surface area contributed by atoms with Gasteiger partial charge in [-0.15, -0.1) is 0 Å². The van der Waals surface area contributed by atoms with Gasteiger partial charge in [0.2, 0.25) is 0 Å². The fourth-order valence-electron chi connectivity index (χ4n) is 2.88. The second-order valence-corrected chi connectivity index (χ2v) is 7.79. The van der Waals surface area contributed by atoms with Gasteiger partial charge in [-0.25, -0.2) is 9.59 Å². The second-order valence-electron chi connectivity index (χ2n) is 6.88.